The Morgan fingerprint density at radius 2 is 1.80 bits per heavy atom. The first kappa shape index (κ1) is 14.4. The van der Waals surface area contributed by atoms with Gasteiger partial charge in [0.1, 0.15) is 22.8 Å². The molecule has 0 N–H and O–H groups in total. The molecule has 0 aliphatic carbocycles. The van der Waals surface area contributed by atoms with Crippen molar-refractivity contribution < 1.29 is 23.8 Å². The Balaban J connectivity index is 2.45. The molecule has 1 heterocycles. The second-order valence-corrected chi connectivity index (χ2v) is 5.45. The zero-order valence-electron chi connectivity index (χ0n) is 12.1. The standard InChI is InChI=1S/C15H18O5/c1-9(16)18-11-7-13(19-10(2)17)12-5-6-15(3,4)20-14(12)8-11/h7-8H,5-6H2,1-4H3. The Hall–Kier alpha value is -2.04. The van der Waals surface area contributed by atoms with E-state index in [1.807, 2.05) is 13.8 Å². The first-order valence-corrected chi connectivity index (χ1v) is 6.49. The average Bonchev–Trinajstić information content (AvgIpc) is 2.24. The second-order valence-electron chi connectivity index (χ2n) is 5.45. The Bertz CT molecular complexity index is 560. The summed E-state index contributed by atoms with van der Waals surface area (Å²) in [5, 5.41) is 0. The highest BCUT2D eigenvalue weighted by atomic mass is 16.5. The lowest BCUT2D eigenvalue weighted by Crippen LogP contribution is -2.32. The Kier molecular flexibility index (Phi) is 3.70. The average molecular weight is 278 g/mol. The van der Waals surface area contributed by atoms with E-state index in [1.165, 1.54) is 13.8 Å². The van der Waals surface area contributed by atoms with Gasteiger partial charge in [-0.05, 0) is 26.7 Å². The highest BCUT2D eigenvalue weighted by Crippen LogP contribution is 2.41. The number of rotatable bonds is 2. The minimum absolute atomic E-state index is 0.296. The molecule has 0 fully saturated rings. The van der Waals surface area contributed by atoms with E-state index in [0.29, 0.717) is 17.2 Å². The largest absolute Gasteiger partial charge is 0.487 e. The van der Waals surface area contributed by atoms with Crippen molar-refractivity contribution in [1.29, 1.82) is 0 Å². The molecule has 5 heteroatoms. The first-order valence-electron chi connectivity index (χ1n) is 6.49. The minimum Gasteiger partial charge on any atom is -0.487 e. The highest BCUT2D eigenvalue weighted by molar-refractivity contribution is 5.72. The Morgan fingerprint density at radius 3 is 2.40 bits per heavy atom. The smallest absolute Gasteiger partial charge is 0.308 e. The third-order valence-electron chi connectivity index (χ3n) is 3.02. The SMILES string of the molecule is CC(=O)Oc1cc(OC(C)=O)c2c(c1)OC(C)(C)CC2. The van der Waals surface area contributed by atoms with Crippen molar-refractivity contribution in [3.63, 3.8) is 0 Å². The summed E-state index contributed by atoms with van der Waals surface area (Å²) in [6.07, 6.45) is 1.56. The van der Waals surface area contributed by atoms with Crippen molar-refractivity contribution in [2.75, 3.05) is 0 Å². The van der Waals surface area contributed by atoms with Crippen LogP contribution in [0.3, 0.4) is 0 Å². The third-order valence-corrected chi connectivity index (χ3v) is 3.02. The van der Waals surface area contributed by atoms with Crippen molar-refractivity contribution in [2.24, 2.45) is 0 Å². The van der Waals surface area contributed by atoms with E-state index >= 15 is 0 Å². The van der Waals surface area contributed by atoms with Gasteiger partial charge in [-0.2, -0.15) is 0 Å². The summed E-state index contributed by atoms with van der Waals surface area (Å²) in [4.78, 5) is 22.3. The van der Waals surface area contributed by atoms with Crippen LogP contribution in [0.25, 0.3) is 0 Å². The first-order chi connectivity index (χ1) is 9.27. The van der Waals surface area contributed by atoms with Crippen LogP contribution < -0.4 is 14.2 Å². The molecule has 0 radical (unpaired) electrons. The lowest BCUT2D eigenvalue weighted by Gasteiger charge is -2.33. The van der Waals surface area contributed by atoms with Gasteiger partial charge in [0.05, 0.1) is 0 Å². The molecule has 0 aromatic heterocycles. The number of ether oxygens (including phenoxy) is 3. The maximum absolute atomic E-state index is 11.2. The van der Waals surface area contributed by atoms with Gasteiger partial charge in [0.15, 0.2) is 0 Å². The maximum atomic E-state index is 11.2. The molecule has 1 aliphatic heterocycles. The molecule has 0 saturated carbocycles. The third kappa shape index (κ3) is 3.29. The molecule has 0 saturated heterocycles. The van der Waals surface area contributed by atoms with Crippen LogP contribution in [-0.4, -0.2) is 17.5 Å². The molecule has 0 unspecified atom stereocenters. The van der Waals surface area contributed by atoms with Crippen LogP contribution in [-0.2, 0) is 16.0 Å². The number of hydrogen-bond donors (Lipinski definition) is 0. The fraction of sp³-hybridized carbons (Fsp3) is 0.467. The summed E-state index contributed by atoms with van der Waals surface area (Å²) in [5.74, 6) is 0.439. The van der Waals surface area contributed by atoms with Gasteiger partial charge in [0, 0.05) is 31.5 Å². The summed E-state index contributed by atoms with van der Waals surface area (Å²) in [5.41, 5.74) is 0.533. The van der Waals surface area contributed by atoms with E-state index in [-0.39, 0.29) is 5.60 Å². The molecule has 0 bridgehead atoms. The van der Waals surface area contributed by atoms with Crippen molar-refractivity contribution in [3.8, 4) is 17.2 Å². The van der Waals surface area contributed by atoms with E-state index < -0.39 is 11.9 Å². The van der Waals surface area contributed by atoms with Crippen LogP contribution in [0.1, 0.15) is 39.7 Å². The number of carbonyl (C=O) groups is 2. The van der Waals surface area contributed by atoms with Gasteiger partial charge >= 0.3 is 11.9 Å². The quantitative estimate of drug-likeness (QED) is 0.614. The Labute approximate surface area is 117 Å². The zero-order valence-corrected chi connectivity index (χ0v) is 12.1. The van der Waals surface area contributed by atoms with Crippen molar-refractivity contribution >= 4 is 11.9 Å². The van der Waals surface area contributed by atoms with Gasteiger partial charge < -0.3 is 14.2 Å². The summed E-state index contributed by atoms with van der Waals surface area (Å²) in [7, 11) is 0. The van der Waals surface area contributed by atoms with E-state index in [2.05, 4.69) is 0 Å². The van der Waals surface area contributed by atoms with Gasteiger partial charge in [-0.1, -0.05) is 0 Å². The normalized spacial score (nSPS) is 15.8. The van der Waals surface area contributed by atoms with E-state index in [0.717, 1.165) is 18.4 Å². The minimum atomic E-state index is -0.436. The molecule has 1 aromatic carbocycles. The van der Waals surface area contributed by atoms with Crippen LogP contribution >= 0.6 is 0 Å². The number of carbonyl (C=O) groups excluding carboxylic acids is 2. The predicted octanol–water partition coefficient (Wildman–Crippen LogP) is 2.64. The molecule has 20 heavy (non-hydrogen) atoms. The van der Waals surface area contributed by atoms with Crippen LogP contribution in [0.5, 0.6) is 17.2 Å². The van der Waals surface area contributed by atoms with Crippen molar-refractivity contribution in [2.45, 2.75) is 46.1 Å². The van der Waals surface area contributed by atoms with E-state index in [4.69, 9.17) is 14.2 Å². The van der Waals surface area contributed by atoms with Gasteiger partial charge in [0.2, 0.25) is 0 Å². The van der Waals surface area contributed by atoms with Gasteiger partial charge in [-0.15, -0.1) is 0 Å². The molecule has 2 rings (SSSR count). The number of fused-ring (bicyclic) bond motifs is 1. The number of benzene rings is 1. The molecule has 1 aromatic rings. The molecule has 1 aliphatic rings. The molecular formula is C15H18O5. The van der Waals surface area contributed by atoms with Crippen LogP contribution in [0, 0.1) is 0 Å². The highest BCUT2D eigenvalue weighted by Gasteiger charge is 2.29. The molecule has 5 nitrogen and oxygen atoms in total. The number of esters is 2. The van der Waals surface area contributed by atoms with Gasteiger partial charge in [0.25, 0.3) is 0 Å². The fourth-order valence-electron chi connectivity index (χ4n) is 2.18. The van der Waals surface area contributed by atoms with Gasteiger partial charge in [-0.3, -0.25) is 9.59 Å². The molecule has 0 atom stereocenters. The van der Waals surface area contributed by atoms with Crippen molar-refractivity contribution in [1.82, 2.24) is 0 Å². The van der Waals surface area contributed by atoms with Crippen LogP contribution in [0.2, 0.25) is 0 Å². The monoisotopic (exact) mass is 278 g/mol. The Morgan fingerprint density at radius 1 is 1.15 bits per heavy atom. The van der Waals surface area contributed by atoms with Crippen LogP contribution in [0.4, 0.5) is 0 Å². The maximum Gasteiger partial charge on any atom is 0.308 e. The lowest BCUT2D eigenvalue weighted by molar-refractivity contribution is -0.132. The summed E-state index contributed by atoms with van der Waals surface area (Å²) in [6.45, 7) is 6.62. The lowest BCUT2D eigenvalue weighted by atomic mass is 9.93. The number of hydrogen-bond acceptors (Lipinski definition) is 5. The summed E-state index contributed by atoms with van der Waals surface area (Å²) < 4.78 is 16.1. The van der Waals surface area contributed by atoms with E-state index in [9.17, 15) is 9.59 Å². The van der Waals surface area contributed by atoms with Crippen LogP contribution in [0.15, 0.2) is 12.1 Å². The molecular weight excluding hydrogens is 260 g/mol. The fourth-order valence-corrected chi connectivity index (χ4v) is 2.18. The van der Waals surface area contributed by atoms with E-state index in [1.54, 1.807) is 12.1 Å². The molecule has 108 valence electrons. The topological polar surface area (TPSA) is 61.8 Å². The second kappa shape index (κ2) is 5.15. The zero-order chi connectivity index (χ0) is 14.9. The van der Waals surface area contributed by atoms with Gasteiger partial charge in [-0.25, -0.2) is 0 Å². The predicted molar refractivity (Wildman–Crippen MR) is 72.1 cm³/mol. The summed E-state index contributed by atoms with van der Waals surface area (Å²) in [6, 6.07) is 3.20. The molecule has 0 amide bonds. The summed E-state index contributed by atoms with van der Waals surface area (Å²) >= 11 is 0. The molecule has 0 spiro atoms. The van der Waals surface area contributed by atoms with Crippen molar-refractivity contribution in [3.05, 3.63) is 17.7 Å².